The van der Waals surface area contributed by atoms with Crippen LogP contribution in [0, 0.1) is 5.82 Å². The lowest BCUT2D eigenvalue weighted by Crippen LogP contribution is -2.17. The van der Waals surface area contributed by atoms with Crippen molar-refractivity contribution in [1.82, 2.24) is 5.43 Å². The normalized spacial score (nSPS) is 10.7. The molecule has 0 aliphatic rings. The van der Waals surface area contributed by atoms with Gasteiger partial charge in [-0.2, -0.15) is 5.10 Å². The first-order chi connectivity index (χ1) is 9.58. The van der Waals surface area contributed by atoms with E-state index in [1.807, 2.05) is 0 Å². The van der Waals surface area contributed by atoms with Crippen LogP contribution in [0.5, 0.6) is 0 Å². The molecule has 0 radical (unpaired) electrons. The summed E-state index contributed by atoms with van der Waals surface area (Å²) in [5, 5.41) is 3.89. The van der Waals surface area contributed by atoms with Crippen molar-refractivity contribution in [3.05, 3.63) is 64.4 Å². The van der Waals surface area contributed by atoms with Crippen molar-refractivity contribution < 1.29 is 9.18 Å². The quantitative estimate of drug-likeness (QED) is 0.519. The van der Waals surface area contributed by atoms with Gasteiger partial charge in [0.25, 0.3) is 5.91 Å². The van der Waals surface area contributed by atoms with Crippen molar-refractivity contribution in [3.63, 3.8) is 0 Å². The van der Waals surface area contributed by atoms with Crippen LogP contribution in [0.15, 0.2) is 47.6 Å². The molecule has 0 bridgehead atoms. The molecule has 0 saturated carbocycles. The van der Waals surface area contributed by atoms with Crippen LogP contribution >= 0.6 is 11.6 Å². The Balaban J connectivity index is 2.09. The van der Waals surface area contributed by atoms with E-state index in [0.29, 0.717) is 11.3 Å². The third-order valence-electron chi connectivity index (χ3n) is 2.51. The number of nitrogen functional groups attached to an aromatic ring is 1. The zero-order valence-electron chi connectivity index (χ0n) is 10.3. The lowest BCUT2D eigenvalue weighted by molar-refractivity contribution is 0.0955. The van der Waals surface area contributed by atoms with Gasteiger partial charge in [0.05, 0.1) is 11.2 Å². The van der Waals surface area contributed by atoms with Gasteiger partial charge < -0.3 is 5.73 Å². The Bertz CT molecular complexity index is 653. The van der Waals surface area contributed by atoms with E-state index in [1.54, 1.807) is 18.2 Å². The van der Waals surface area contributed by atoms with E-state index in [9.17, 15) is 9.18 Å². The Labute approximate surface area is 120 Å². The van der Waals surface area contributed by atoms with Crippen LogP contribution in [0.4, 0.5) is 10.1 Å². The highest BCUT2D eigenvalue weighted by Gasteiger charge is 2.06. The van der Waals surface area contributed by atoms with Crippen LogP contribution in [0.1, 0.15) is 15.9 Å². The molecular weight excluding hydrogens is 281 g/mol. The van der Waals surface area contributed by atoms with Crippen molar-refractivity contribution in [1.29, 1.82) is 0 Å². The van der Waals surface area contributed by atoms with Crippen molar-refractivity contribution in [2.75, 3.05) is 5.73 Å². The summed E-state index contributed by atoms with van der Waals surface area (Å²) in [4.78, 5) is 11.7. The van der Waals surface area contributed by atoms with Crippen LogP contribution in [0.2, 0.25) is 5.02 Å². The van der Waals surface area contributed by atoms with Crippen LogP contribution in [-0.2, 0) is 0 Å². The Morgan fingerprint density at radius 3 is 2.75 bits per heavy atom. The van der Waals surface area contributed by atoms with E-state index >= 15 is 0 Å². The van der Waals surface area contributed by atoms with Crippen molar-refractivity contribution in [2.24, 2.45) is 5.10 Å². The lowest BCUT2D eigenvalue weighted by Gasteiger charge is -2.02. The monoisotopic (exact) mass is 291 g/mol. The number of rotatable bonds is 3. The van der Waals surface area contributed by atoms with E-state index in [2.05, 4.69) is 10.5 Å². The molecule has 0 saturated heterocycles. The first kappa shape index (κ1) is 14.0. The van der Waals surface area contributed by atoms with Crippen LogP contribution in [-0.4, -0.2) is 12.1 Å². The Kier molecular flexibility index (Phi) is 4.32. The SMILES string of the molecule is Nc1cccc(C(=O)N/N=C/c2c(F)cccc2Cl)c1. The Morgan fingerprint density at radius 1 is 1.30 bits per heavy atom. The molecule has 2 aromatic carbocycles. The van der Waals surface area contributed by atoms with Crippen molar-refractivity contribution >= 4 is 29.4 Å². The van der Waals surface area contributed by atoms with Gasteiger partial charge in [-0.05, 0) is 30.3 Å². The van der Waals surface area contributed by atoms with Gasteiger partial charge in [0.1, 0.15) is 5.82 Å². The van der Waals surface area contributed by atoms with E-state index in [1.165, 1.54) is 24.3 Å². The summed E-state index contributed by atoms with van der Waals surface area (Å²) in [5.41, 5.74) is 8.80. The number of hydrazone groups is 1. The first-order valence-electron chi connectivity index (χ1n) is 5.71. The lowest BCUT2D eigenvalue weighted by atomic mass is 10.2. The molecule has 0 aliphatic heterocycles. The number of hydrogen-bond acceptors (Lipinski definition) is 3. The number of halogens is 2. The largest absolute Gasteiger partial charge is 0.399 e. The molecule has 0 unspecified atom stereocenters. The van der Waals surface area contributed by atoms with Crippen molar-refractivity contribution in [2.45, 2.75) is 0 Å². The average molecular weight is 292 g/mol. The average Bonchev–Trinajstić information content (AvgIpc) is 2.42. The summed E-state index contributed by atoms with van der Waals surface area (Å²) >= 11 is 5.82. The molecular formula is C14H11ClFN3O. The van der Waals surface area contributed by atoms with Gasteiger partial charge in [0.2, 0.25) is 0 Å². The minimum Gasteiger partial charge on any atom is -0.399 e. The van der Waals surface area contributed by atoms with Crippen LogP contribution < -0.4 is 11.2 Å². The highest BCUT2D eigenvalue weighted by atomic mass is 35.5. The smallest absolute Gasteiger partial charge is 0.271 e. The van der Waals surface area contributed by atoms with E-state index < -0.39 is 11.7 Å². The number of benzene rings is 2. The molecule has 0 atom stereocenters. The standard InChI is InChI=1S/C14H11ClFN3O/c15-12-5-2-6-13(16)11(12)8-18-19-14(20)9-3-1-4-10(17)7-9/h1-8H,17H2,(H,19,20)/b18-8+. The molecule has 102 valence electrons. The van der Waals surface area contributed by atoms with E-state index in [4.69, 9.17) is 17.3 Å². The van der Waals surface area contributed by atoms with Crippen molar-refractivity contribution in [3.8, 4) is 0 Å². The number of nitrogens with one attached hydrogen (secondary N) is 1. The Morgan fingerprint density at radius 2 is 2.05 bits per heavy atom. The number of carbonyl (C=O) groups excluding carboxylic acids is 1. The zero-order chi connectivity index (χ0) is 14.5. The first-order valence-corrected chi connectivity index (χ1v) is 6.08. The van der Waals surface area contributed by atoms with Gasteiger partial charge in [-0.15, -0.1) is 0 Å². The molecule has 0 aromatic heterocycles. The summed E-state index contributed by atoms with van der Waals surface area (Å²) in [7, 11) is 0. The maximum atomic E-state index is 13.4. The zero-order valence-corrected chi connectivity index (χ0v) is 11.1. The minimum atomic E-state index is -0.514. The fourth-order valence-corrected chi connectivity index (χ4v) is 1.75. The molecule has 6 heteroatoms. The third kappa shape index (κ3) is 3.33. The summed E-state index contributed by atoms with van der Waals surface area (Å²) in [6, 6.07) is 10.7. The number of nitrogens with zero attached hydrogens (tertiary/aromatic N) is 1. The fourth-order valence-electron chi connectivity index (χ4n) is 1.53. The number of hydrogen-bond donors (Lipinski definition) is 2. The molecule has 0 fully saturated rings. The van der Waals surface area contributed by atoms with Gasteiger partial charge in [0.15, 0.2) is 0 Å². The second-order valence-corrected chi connectivity index (χ2v) is 4.37. The highest BCUT2D eigenvalue weighted by Crippen LogP contribution is 2.16. The molecule has 1 amide bonds. The summed E-state index contributed by atoms with van der Waals surface area (Å²) < 4.78 is 13.4. The fraction of sp³-hybridized carbons (Fsp3) is 0. The Hall–Kier alpha value is -2.40. The minimum absolute atomic E-state index is 0.113. The number of nitrogens with two attached hydrogens (primary N) is 1. The second kappa shape index (κ2) is 6.16. The van der Waals surface area contributed by atoms with Gasteiger partial charge in [-0.3, -0.25) is 4.79 Å². The topological polar surface area (TPSA) is 67.5 Å². The predicted molar refractivity (Wildman–Crippen MR) is 77.3 cm³/mol. The molecule has 0 spiro atoms. The van der Waals surface area contributed by atoms with Crippen LogP contribution in [0.25, 0.3) is 0 Å². The van der Waals surface area contributed by atoms with Gasteiger partial charge in [-0.1, -0.05) is 23.7 Å². The van der Waals surface area contributed by atoms with Gasteiger partial charge >= 0.3 is 0 Å². The summed E-state index contributed by atoms with van der Waals surface area (Å²) in [6.45, 7) is 0. The molecule has 4 nitrogen and oxygen atoms in total. The molecule has 3 N–H and O–H groups in total. The third-order valence-corrected chi connectivity index (χ3v) is 2.84. The molecule has 2 rings (SSSR count). The van der Waals surface area contributed by atoms with E-state index in [-0.39, 0.29) is 10.6 Å². The molecule has 20 heavy (non-hydrogen) atoms. The molecule has 0 aliphatic carbocycles. The van der Waals surface area contributed by atoms with Gasteiger partial charge in [-0.25, -0.2) is 9.82 Å². The molecule has 2 aromatic rings. The maximum Gasteiger partial charge on any atom is 0.271 e. The van der Waals surface area contributed by atoms with Crippen LogP contribution in [0.3, 0.4) is 0 Å². The number of carbonyl (C=O) groups is 1. The van der Waals surface area contributed by atoms with E-state index in [0.717, 1.165) is 6.21 Å². The summed E-state index contributed by atoms with van der Waals surface area (Å²) in [5.74, 6) is -0.958. The van der Waals surface area contributed by atoms with Gasteiger partial charge in [0, 0.05) is 16.8 Å². The summed E-state index contributed by atoms with van der Waals surface area (Å²) in [6.07, 6.45) is 1.15. The highest BCUT2D eigenvalue weighted by molar-refractivity contribution is 6.33. The predicted octanol–water partition coefficient (Wildman–Crippen LogP) is 2.83. The number of amides is 1. The number of anilines is 1. The second-order valence-electron chi connectivity index (χ2n) is 3.96. The maximum absolute atomic E-state index is 13.4. The molecule has 0 heterocycles.